The Morgan fingerprint density at radius 1 is 1.14 bits per heavy atom. The fourth-order valence-electron chi connectivity index (χ4n) is 0. The lowest BCUT2D eigenvalue weighted by Crippen LogP contribution is -1.58. The van der Waals surface area contributed by atoms with Crippen LogP contribution in [0.25, 0.3) is 0 Å². The standard InChI is InChI=1S/CBr3Cl2P/c2-7(3,4)1(5)6. The topological polar surface area (TPSA) is 0 Å². The van der Waals surface area contributed by atoms with Crippen LogP contribution in [0.4, 0.5) is 0 Å². The molecular weight excluding hydrogens is 354 g/mol. The summed E-state index contributed by atoms with van der Waals surface area (Å²) in [5.74, 6) is 0. The summed E-state index contributed by atoms with van der Waals surface area (Å²) in [5, 5.41) is 0. The molecule has 0 unspecified atom stereocenters. The molecule has 0 amide bonds. The van der Waals surface area contributed by atoms with Gasteiger partial charge in [-0.25, -0.2) is 0 Å². The summed E-state index contributed by atoms with van der Waals surface area (Å²) in [6.07, 6.45) is 0. The molecule has 0 aliphatic carbocycles. The molecule has 0 bridgehead atoms. The van der Waals surface area contributed by atoms with Gasteiger partial charge >= 0.3 is 0 Å². The van der Waals surface area contributed by atoms with Crippen LogP contribution in [0.2, 0.25) is 0 Å². The van der Waals surface area contributed by atoms with Crippen molar-refractivity contribution in [2.45, 2.75) is 0 Å². The van der Waals surface area contributed by atoms with Crippen LogP contribution < -0.4 is 0 Å². The quantitative estimate of drug-likeness (QED) is 0.563. The van der Waals surface area contributed by atoms with Crippen LogP contribution in [0.3, 0.4) is 0 Å². The molecule has 0 aromatic rings. The maximum atomic E-state index is 5.34. The second-order valence-corrected chi connectivity index (χ2v) is 21.6. The molecule has 0 fully saturated rings. The van der Waals surface area contributed by atoms with E-state index in [4.69, 9.17) is 23.2 Å². The minimum Gasteiger partial charge on any atom is -0.0681 e. The normalized spacial score (nSPS) is 11.6. The third kappa shape index (κ3) is 4.80. The van der Waals surface area contributed by atoms with E-state index in [0.717, 1.165) is 0 Å². The molecule has 0 aromatic heterocycles. The Morgan fingerprint density at radius 3 is 1.29 bits per heavy atom. The van der Waals surface area contributed by atoms with Gasteiger partial charge in [-0.1, -0.05) is 23.2 Å². The summed E-state index contributed by atoms with van der Waals surface area (Å²) >= 11 is 20.2. The second-order valence-electron chi connectivity index (χ2n) is 0.686. The SMILES string of the molecule is ClC(Cl)=P(Br)(Br)Br. The highest BCUT2D eigenvalue weighted by Gasteiger charge is 2.06. The maximum Gasteiger partial charge on any atom is 0.133 e. The van der Waals surface area contributed by atoms with E-state index in [1.165, 1.54) is 0 Å². The number of halogens is 5. The molecule has 6 heteroatoms. The molecule has 0 spiro atoms. The molecule has 0 aromatic carbocycles. The molecule has 7 heavy (non-hydrogen) atoms. The van der Waals surface area contributed by atoms with E-state index in [0.29, 0.717) is 4.21 Å². The van der Waals surface area contributed by atoms with Gasteiger partial charge in [0.1, 0.15) is 7.21 Å². The summed E-state index contributed by atoms with van der Waals surface area (Å²) in [5.41, 5.74) is 0. The van der Waals surface area contributed by atoms with Crippen molar-refractivity contribution >= 4 is 76.9 Å². The number of hydrogen-bond acceptors (Lipinski definition) is 0. The number of rotatable bonds is 0. The van der Waals surface area contributed by atoms with E-state index in [1.807, 2.05) is 0 Å². The van der Waals surface area contributed by atoms with Gasteiger partial charge in [-0.2, -0.15) is 0 Å². The van der Waals surface area contributed by atoms with Crippen LogP contribution in [0.1, 0.15) is 0 Å². The van der Waals surface area contributed by atoms with Crippen LogP contribution in [0.5, 0.6) is 0 Å². The third-order valence-corrected chi connectivity index (χ3v) is 8.96. The van der Waals surface area contributed by atoms with E-state index >= 15 is 0 Å². The average molecular weight is 354 g/mol. The highest BCUT2D eigenvalue weighted by molar-refractivity contribution is 9.96. The molecule has 0 atom stereocenters. The van der Waals surface area contributed by atoms with Crippen molar-refractivity contribution in [2.24, 2.45) is 0 Å². The summed E-state index contributed by atoms with van der Waals surface area (Å²) in [4.78, 5) is 0. The molecule has 0 radical (unpaired) electrons. The van der Waals surface area contributed by atoms with Gasteiger partial charge in [0.15, 0.2) is 0 Å². The van der Waals surface area contributed by atoms with Gasteiger partial charge in [-0.05, 0) is 46.5 Å². The summed E-state index contributed by atoms with van der Waals surface area (Å²) in [6.45, 7) is 0. The molecule has 0 N–H and O–H groups in total. The van der Waals surface area contributed by atoms with Crippen molar-refractivity contribution in [3.63, 3.8) is 0 Å². The lowest BCUT2D eigenvalue weighted by molar-refractivity contribution is 3.82. The first-order chi connectivity index (χ1) is 2.94. The van der Waals surface area contributed by atoms with Crippen LogP contribution in [-0.4, -0.2) is 4.21 Å². The Balaban J connectivity index is 4.28. The Morgan fingerprint density at radius 2 is 1.29 bits per heavy atom. The van der Waals surface area contributed by atoms with Gasteiger partial charge in [0.05, 0.1) is 0 Å². The lowest BCUT2D eigenvalue weighted by Gasteiger charge is -1.95. The van der Waals surface area contributed by atoms with Crippen molar-refractivity contribution in [1.29, 1.82) is 0 Å². The average Bonchev–Trinajstić information content (AvgIpc) is 1.31. The van der Waals surface area contributed by atoms with Crippen molar-refractivity contribution < 1.29 is 0 Å². The molecule has 0 nitrogen and oxygen atoms in total. The smallest absolute Gasteiger partial charge is 0.0681 e. The molecule has 0 aliphatic rings. The predicted molar refractivity (Wildman–Crippen MR) is 50.4 cm³/mol. The van der Waals surface area contributed by atoms with Crippen molar-refractivity contribution in [3.05, 3.63) is 0 Å². The minimum absolute atomic E-state index is 0.299. The molecule has 44 valence electrons. The molecular formula is CBr3Cl2P. The third-order valence-electron chi connectivity index (χ3n) is 0.192. The van der Waals surface area contributed by atoms with E-state index in [9.17, 15) is 0 Å². The van der Waals surface area contributed by atoms with Gasteiger partial charge in [0.2, 0.25) is 0 Å². The monoisotopic (exact) mass is 350 g/mol. The van der Waals surface area contributed by atoms with Crippen LogP contribution in [0, 0.1) is 0 Å². The zero-order valence-electron chi connectivity index (χ0n) is 2.84. The predicted octanol–water partition coefficient (Wildman–Crippen LogP) is 4.50. The van der Waals surface area contributed by atoms with E-state index in [2.05, 4.69) is 46.5 Å². The Hall–Kier alpha value is 2.32. The Kier molecular flexibility index (Phi) is 4.63. The molecule has 0 saturated carbocycles. The Bertz CT molecular complexity index is 102. The van der Waals surface area contributed by atoms with E-state index in [-0.39, 0.29) is 0 Å². The minimum atomic E-state index is -1.60. The first-order valence-electron chi connectivity index (χ1n) is 1.11. The van der Waals surface area contributed by atoms with Gasteiger partial charge < -0.3 is 0 Å². The molecule has 0 rings (SSSR count). The van der Waals surface area contributed by atoms with Gasteiger partial charge in [0, 0.05) is 0 Å². The second kappa shape index (κ2) is 3.48. The van der Waals surface area contributed by atoms with E-state index in [1.54, 1.807) is 0 Å². The summed E-state index contributed by atoms with van der Waals surface area (Å²) < 4.78 is -1.30. The maximum absolute atomic E-state index is 5.34. The fraction of sp³-hybridized carbons (Fsp3) is 0. The van der Waals surface area contributed by atoms with Gasteiger partial charge in [-0.3, -0.25) is 0 Å². The zero-order valence-corrected chi connectivity index (χ0v) is 10.0. The van der Waals surface area contributed by atoms with Crippen molar-refractivity contribution in [2.75, 3.05) is 0 Å². The fourth-order valence-corrected chi connectivity index (χ4v) is 0. The van der Waals surface area contributed by atoms with E-state index < -0.39 is 2.99 Å². The summed E-state index contributed by atoms with van der Waals surface area (Å²) in [6, 6.07) is 0. The number of hydrogen-bond donors (Lipinski definition) is 0. The molecule has 0 heterocycles. The van der Waals surface area contributed by atoms with Crippen LogP contribution in [-0.2, 0) is 0 Å². The highest BCUT2D eigenvalue weighted by atomic mass is 80.0. The summed E-state index contributed by atoms with van der Waals surface area (Å²) in [7, 11) is 0. The van der Waals surface area contributed by atoms with Gasteiger partial charge in [0.25, 0.3) is 0 Å². The molecule has 0 aliphatic heterocycles. The highest BCUT2D eigenvalue weighted by Crippen LogP contribution is 2.72. The zero-order chi connectivity index (χ0) is 6.08. The first-order valence-corrected chi connectivity index (χ1v) is 9.71. The van der Waals surface area contributed by atoms with Gasteiger partial charge in [-0.15, -0.1) is 0 Å². The molecule has 0 saturated heterocycles. The van der Waals surface area contributed by atoms with Crippen molar-refractivity contribution in [1.82, 2.24) is 0 Å². The van der Waals surface area contributed by atoms with Crippen LogP contribution in [0.15, 0.2) is 0 Å². The van der Waals surface area contributed by atoms with Crippen molar-refractivity contribution in [3.8, 4) is 0 Å². The lowest BCUT2D eigenvalue weighted by atomic mass is 11.9. The Labute approximate surface area is 76.1 Å². The largest absolute Gasteiger partial charge is 0.133 e. The first kappa shape index (κ1) is 9.32. The van der Waals surface area contributed by atoms with Crippen LogP contribution >= 0.6 is 72.7 Å².